The van der Waals surface area contributed by atoms with Crippen molar-refractivity contribution in [3.05, 3.63) is 0 Å². The van der Waals surface area contributed by atoms with Crippen molar-refractivity contribution in [3.63, 3.8) is 0 Å². The topological polar surface area (TPSA) is 27.3 Å². The van der Waals surface area contributed by atoms with Crippen molar-refractivity contribution in [1.29, 1.82) is 0 Å². The molecule has 0 saturated carbocycles. The largest absolute Gasteiger partial charge is 0.314 e. The Morgan fingerprint density at radius 2 is 1.75 bits per heavy atom. The van der Waals surface area contributed by atoms with Crippen LogP contribution in [0.3, 0.4) is 0 Å². The smallest absolute Gasteiger partial charge is 0.0192 e. The number of hydrogen-bond acceptors (Lipinski definition) is 3. The third-order valence-corrected chi connectivity index (χ3v) is 3.16. The molecule has 16 heavy (non-hydrogen) atoms. The van der Waals surface area contributed by atoms with Crippen LogP contribution in [0.25, 0.3) is 0 Å². The minimum Gasteiger partial charge on any atom is -0.314 e. The van der Waals surface area contributed by atoms with E-state index in [4.69, 9.17) is 0 Å². The van der Waals surface area contributed by atoms with E-state index in [-0.39, 0.29) is 5.54 Å². The summed E-state index contributed by atoms with van der Waals surface area (Å²) < 4.78 is 0. The molecule has 0 aromatic heterocycles. The molecule has 1 heterocycles. The maximum Gasteiger partial charge on any atom is 0.0192 e. The van der Waals surface area contributed by atoms with Gasteiger partial charge in [-0.05, 0) is 53.6 Å². The van der Waals surface area contributed by atoms with Crippen LogP contribution in [0, 0.1) is 0 Å². The summed E-state index contributed by atoms with van der Waals surface area (Å²) in [5.74, 6) is 0. The molecule has 3 heteroatoms. The van der Waals surface area contributed by atoms with Crippen LogP contribution >= 0.6 is 0 Å². The van der Waals surface area contributed by atoms with E-state index >= 15 is 0 Å². The molecule has 2 N–H and O–H groups in total. The van der Waals surface area contributed by atoms with Crippen molar-refractivity contribution < 1.29 is 0 Å². The van der Waals surface area contributed by atoms with E-state index in [1.54, 1.807) is 0 Å². The summed E-state index contributed by atoms with van der Waals surface area (Å²) in [4.78, 5) is 2.59. The highest BCUT2D eigenvalue weighted by Crippen LogP contribution is 2.10. The Morgan fingerprint density at radius 3 is 2.31 bits per heavy atom. The maximum atomic E-state index is 3.53. The number of nitrogens with one attached hydrogen (secondary N) is 2. The van der Waals surface area contributed by atoms with E-state index in [2.05, 4.69) is 43.2 Å². The Morgan fingerprint density at radius 1 is 1.12 bits per heavy atom. The van der Waals surface area contributed by atoms with Crippen molar-refractivity contribution in [1.82, 2.24) is 15.5 Å². The van der Waals surface area contributed by atoms with E-state index in [0.29, 0.717) is 6.04 Å². The van der Waals surface area contributed by atoms with Crippen LogP contribution in [0.5, 0.6) is 0 Å². The minimum absolute atomic E-state index is 0.238. The second kappa shape index (κ2) is 6.58. The molecule has 96 valence electrons. The molecule has 1 saturated heterocycles. The summed E-state index contributed by atoms with van der Waals surface area (Å²) in [6, 6.07) is 0.692. The van der Waals surface area contributed by atoms with Gasteiger partial charge in [-0.3, -0.25) is 4.90 Å². The first-order valence-electron chi connectivity index (χ1n) is 6.69. The molecule has 1 aliphatic rings. The summed E-state index contributed by atoms with van der Waals surface area (Å²) in [5.41, 5.74) is 0.238. The third kappa shape index (κ3) is 5.83. The Hall–Kier alpha value is -0.120. The molecule has 1 unspecified atom stereocenters. The molecule has 3 nitrogen and oxygen atoms in total. The van der Waals surface area contributed by atoms with Gasteiger partial charge in [-0.1, -0.05) is 0 Å². The van der Waals surface area contributed by atoms with Gasteiger partial charge in [0, 0.05) is 31.2 Å². The molecule has 1 fully saturated rings. The van der Waals surface area contributed by atoms with E-state index in [1.165, 1.54) is 25.9 Å². The van der Waals surface area contributed by atoms with Gasteiger partial charge in [-0.15, -0.1) is 0 Å². The van der Waals surface area contributed by atoms with Gasteiger partial charge in [-0.25, -0.2) is 0 Å². The van der Waals surface area contributed by atoms with Crippen LogP contribution in [0.4, 0.5) is 0 Å². The van der Waals surface area contributed by atoms with Crippen LogP contribution in [0.1, 0.15) is 40.5 Å². The van der Waals surface area contributed by atoms with Crippen molar-refractivity contribution in [2.45, 2.75) is 52.1 Å². The van der Waals surface area contributed by atoms with Crippen LogP contribution in [-0.4, -0.2) is 49.2 Å². The molecule has 0 bridgehead atoms. The first-order chi connectivity index (χ1) is 7.49. The lowest BCUT2D eigenvalue weighted by Gasteiger charge is -2.25. The Balaban J connectivity index is 1.98. The summed E-state index contributed by atoms with van der Waals surface area (Å²) in [5, 5.41) is 7.02. The Kier molecular flexibility index (Phi) is 5.73. The van der Waals surface area contributed by atoms with E-state index in [1.807, 2.05) is 0 Å². The van der Waals surface area contributed by atoms with Gasteiger partial charge in [-0.2, -0.15) is 0 Å². The summed E-state index contributed by atoms with van der Waals surface area (Å²) in [7, 11) is 0. The molecule has 1 aliphatic heterocycles. The molecule has 1 atom stereocenters. The molecule has 0 aromatic carbocycles. The second-order valence-electron chi connectivity index (χ2n) is 5.97. The maximum absolute atomic E-state index is 3.53. The lowest BCUT2D eigenvalue weighted by Crippen LogP contribution is -2.43. The summed E-state index contributed by atoms with van der Waals surface area (Å²) in [6.07, 6.45) is 2.77. The number of nitrogens with zero attached hydrogens (tertiary/aromatic N) is 1. The molecule has 0 aromatic rings. The van der Waals surface area contributed by atoms with Gasteiger partial charge >= 0.3 is 0 Å². The van der Waals surface area contributed by atoms with Gasteiger partial charge in [0.1, 0.15) is 0 Å². The third-order valence-electron chi connectivity index (χ3n) is 3.16. The molecular weight excluding hydrogens is 198 g/mol. The number of likely N-dealkylation sites (tertiary alicyclic amines) is 1. The van der Waals surface area contributed by atoms with Crippen LogP contribution in [0.2, 0.25) is 0 Å². The zero-order valence-corrected chi connectivity index (χ0v) is 11.5. The predicted octanol–water partition coefficient (Wildman–Crippen LogP) is 1.45. The molecule has 0 aliphatic carbocycles. The molecule has 1 rings (SSSR count). The monoisotopic (exact) mass is 227 g/mol. The number of rotatable bonds is 6. The minimum atomic E-state index is 0.238. The SMILES string of the molecule is CC(CNCCNC(C)(C)C)N1CCCC1. The number of hydrogen-bond donors (Lipinski definition) is 2. The highest BCUT2D eigenvalue weighted by atomic mass is 15.2. The Bertz CT molecular complexity index is 180. The zero-order chi connectivity index (χ0) is 12.0. The quantitative estimate of drug-likeness (QED) is 0.673. The lowest BCUT2D eigenvalue weighted by molar-refractivity contribution is 0.251. The summed E-state index contributed by atoms with van der Waals surface area (Å²) in [6.45, 7) is 14.8. The first kappa shape index (κ1) is 13.9. The van der Waals surface area contributed by atoms with Gasteiger partial charge in [0.05, 0.1) is 0 Å². The molecular formula is C13H29N3. The fraction of sp³-hybridized carbons (Fsp3) is 1.00. The fourth-order valence-corrected chi connectivity index (χ4v) is 2.15. The van der Waals surface area contributed by atoms with Crippen molar-refractivity contribution in [3.8, 4) is 0 Å². The van der Waals surface area contributed by atoms with Gasteiger partial charge in [0.2, 0.25) is 0 Å². The predicted molar refractivity (Wildman–Crippen MR) is 70.9 cm³/mol. The normalized spacial score (nSPS) is 20.2. The Labute approximate surface area is 101 Å². The van der Waals surface area contributed by atoms with Gasteiger partial charge < -0.3 is 10.6 Å². The highest BCUT2D eigenvalue weighted by molar-refractivity contribution is 4.75. The van der Waals surface area contributed by atoms with Crippen LogP contribution < -0.4 is 10.6 Å². The summed E-state index contributed by atoms with van der Waals surface area (Å²) >= 11 is 0. The average Bonchev–Trinajstić information content (AvgIpc) is 2.67. The lowest BCUT2D eigenvalue weighted by atomic mass is 10.1. The average molecular weight is 227 g/mol. The van der Waals surface area contributed by atoms with Crippen molar-refractivity contribution in [2.24, 2.45) is 0 Å². The zero-order valence-electron chi connectivity index (χ0n) is 11.5. The van der Waals surface area contributed by atoms with Gasteiger partial charge in [0.25, 0.3) is 0 Å². The van der Waals surface area contributed by atoms with Crippen molar-refractivity contribution >= 4 is 0 Å². The van der Waals surface area contributed by atoms with Crippen LogP contribution in [0.15, 0.2) is 0 Å². The second-order valence-corrected chi connectivity index (χ2v) is 5.97. The van der Waals surface area contributed by atoms with E-state index < -0.39 is 0 Å². The first-order valence-corrected chi connectivity index (χ1v) is 6.69. The van der Waals surface area contributed by atoms with Crippen LogP contribution in [-0.2, 0) is 0 Å². The van der Waals surface area contributed by atoms with E-state index in [0.717, 1.165) is 19.6 Å². The molecule has 0 spiro atoms. The molecule has 0 amide bonds. The van der Waals surface area contributed by atoms with Crippen molar-refractivity contribution in [2.75, 3.05) is 32.7 Å². The standard InChI is InChI=1S/C13H29N3/c1-12(16-9-5-6-10-16)11-14-7-8-15-13(2,3)4/h12,14-15H,5-11H2,1-4H3. The van der Waals surface area contributed by atoms with E-state index in [9.17, 15) is 0 Å². The van der Waals surface area contributed by atoms with Gasteiger partial charge in [0.15, 0.2) is 0 Å². The highest BCUT2D eigenvalue weighted by Gasteiger charge is 2.17. The molecule has 0 radical (unpaired) electrons. The fourth-order valence-electron chi connectivity index (χ4n) is 2.15.